The molecule has 0 saturated heterocycles. The van der Waals surface area contributed by atoms with Crippen molar-refractivity contribution in [3.63, 3.8) is 0 Å². The van der Waals surface area contributed by atoms with Crippen LogP contribution in [0.15, 0.2) is 18.2 Å². The van der Waals surface area contributed by atoms with Gasteiger partial charge < -0.3 is 10.1 Å². The third-order valence-corrected chi connectivity index (χ3v) is 2.28. The zero-order chi connectivity index (χ0) is 11.3. The van der Waals surface area contributed by atoms with Gasteiger partial charge in [-0.15, -0.1) is 0 Å². The molecule has 0 aromatic heterocycles. The molecule has 1 aromatic rings. The van der Waals surface area contributed by atoms with E-state index in [1.54, 1.807) is 7.11 Å². The second-order valence-corrected chi connectivity index (χ2v) is 3.39. The van der Waals surface area contributed by atoms with E-state index in [0.717, 1.165) is 17.7 Å². The highest BCUT2D eigenvalue weighted by Crippen LogP contribution is 2.20. The first-order chi connectivity index (χ1) is 7.20. The van der Waals surface area contributed by atoms with Crippen molar-refractivity contribution in [2.45, 2.75) is 20.3 Å². The van der Waals surface area contributed by atoms with Gasteiger partial charge >= 0.3 is 0 Å². The lowest BCUT2D eigenvalue weighted by Crippen LogP contribution is -2.24. The van der Waals surface area contributed by atoms with Gasteiger partial charge in [-0.3, -0.25) is 4.79 Å². The minimum Gasteiger partial charge on any atom is -0.496 e. The molecule has 0 atom stereocenters. The SMILES string of the molecule is CCCNC(=O)c1cccc(OC)c1C. The van der Waals surface area contributed by atoms with Crippen molar-refractivity contribution in [3.05, 3.63) is 29.3 Å². The van der Waals surface area contributed by atoms with Gasteiger partial charge in [0.15, 0.2) is 0 Å². The molecular formula is C12H17NO2. The summed E-state index contributed by atoms with van der Waals surface area (Å²) < 4.78 is 5.16. The maximum absolute atomic E-state index is 11.7. The Morgan fingerprint density at radius 3 is 2.80 bits per heavy atom. The Bertz CT molecular complexity index is 347. The molecule has 0 unspecified atom stereocenters. The molecule has 0 aliphatic carbocycles. The minimum atomic E-state index is -0.0340. The first-order valence-corrected chi connectivity index (χ1v) is 5.12. The number of rotatable bonds is 4. The van der Waals surface area contributed by atoms with Crippen LogP contribution < -0.4 is 10.1 Å². The van der Waals surface area contributed by atoms with Crippen LogP contribution in [0.2, 0.25) is 0 Å². The van der Waals surface area contributed by atoms with Gasteiger partial charge in [0.25, 0.3) is 5.91 Å². The molecule has 0 radical (unpaired) electrons. The Hall–Kier alpha value is -1.51. The zero-order valence-electron chi connectivity index (χ0n) is 9.46. The summed E-state index contributed by atoms with van der Waals surface area (Å²) in [5, 5.41) is 2.85. The molecule has 1 rings (SSSR count). The number of carbonyl (C=O) groups is 1. The molecule has 0 fully saturated rings. The average molecular weight is 207 g/mol. The maximum atomic E-state index is 11.7. The normalized spacial score (nSPS) is 9.80. The molecule has 0 bridgehead atoms. The molecule has 0 heterocycles. The van der Waals surface area contributed by atoms with E-state index in [1.165, 1.54) is 0 Å². The van der Waals surface area contributed by atoms with Crippen molar-refractivity contribution in [1.29, 1.82) is 0 Å². The average Bonchev–Trinajstić information content (AvgIpc) is 2.26. The van der Waals surface area contributed by atoms with E-state index >= 15 is 0 Å². The molecule has 82 valence electrons. The summed E-state index contributed by atoms with van der Waals surface area (Å²) in [5.41, 5.74) is 1.57. The van der Waals surface area contributed by atoms with Crippen molar-refractivity contribution in [2.75, 3.05) is 13.7 Å². The van der Waals surface area contributed by atoms with Gasteiger partial charge in [-0.25, -0.2) is 0 Å². The van der Waals surface area contributed by atoms with Crippen molar-refractivity contribution in [2.24, 2.45) is 0 Å². The third kappa shape index (κ3) is 2.72. The monoisotopic (exact) mass is 207 g/mol. The summed E-state index contributed by atoms with van der Waals surface area (Å²) in [7, 11) is 1.61. The molecule has 1 amide bonds. The molecule has 0 saturated carbocycles. The Labute approximate surface area is 90.4 Å². The molecule has 3 nitrogen and oxygen atoms in total. The van der Waals surface area contributed by atoms with Crippen LogP contribution in [-0.2, 0) is 0 Å². The number of amides is 1. The molecule has 15 heavy (non-hydrogen) atoms. The Balaban J connectivity index is 2.89. The van der Waals surface area contributed by atoms with Crippen LogP contribution in [0.5, 0.6) is 5.75 Å². The third-order valence-electron chi connectivity index (χ3n) is 2.28. The van der Waals surface area contributed by atoms with Gasteiger partial charge in [-0.05, 0) is 25.5 Å². The smallest absolute Gasteiger partial charge is 0.251 e. The molecule has 0 aliphatic heterocycles. The lowest BCUT2D eigenvalue weighted by molar-refractivity contribution is 0.0952. The van der Waals surface area contributed by atoms with Gasteiger partial charge in [-0.1, -0.05) is 13.0 Å². The van der Waals surface area contributed by atoms with Crippen LogP contribution in [0.25, 0.3) is 0 Å². The van der Waals surface area contributed by atoms with Crippen LogP contribution in [0.4, 0.5) is 0 Å². The summed E-state index contributed by atoms with van der Waals surface area (Å²) in [6.07, 6.45) is 0.939. The number of nitrogens with one attached hydrogen (secondary N) is 1. The van der Waals surface area contributed by atoms with E-state index in [1.807, 2.05) is 32.0 Å². The molecule has 0 spiro atoms. The first-order valence-electron chi connectivity index (χ1n) is 5.12. The number of hydrogen-bond acceptors (Lipinski definition) is 2. The van der Waals surface area contributed by atoms with E-state index in [0.29, 0.717) is 12.1 Å². The standard InChI is InChI=1S/C12H17NO2/c1-4-8-13-12(14)10-6-5-7-11(15-3)9(10)2/h5-7H,4,8H2,1-3H3,(H,13,14). The topological polar surface area (TPSA) is 38.3 Å². The van der Waals surface area contributed by atoms with Crippen LogP contribution in [0.3, 0.4) is 0 Å². The van der Waals surface area contributed by atoms with Gasteiger partial charge in [-0.2, -0.15) is 0 Å². The van der Waals surface area contributed by atoms with Gasteiger partial charge in [0.05, 0.1) is 7.11 Å². The van der Waals surface area contributed by atoms with Crippen molar-refractivity contribution < 1.29 is 9.53 Å². The highest BCUT2D eigenvalue weighted by atomic mass is 16.5. The highest BCUT2D eigenvalue weighted by molar-refractivity contribution is 5.96. The first kappa shape index (κ1) is 11.6. The summed E-state index contributed by atoms with van der Waals surface area (Å²) in [6, 6.07) is 5.49. The van der Waals surface area contributed by atoms with Crippen molar-refractivity contribution >= 4 is 5.91 Å². The number of methoxy groups -OCH3 is 1. The zero-order valence-corrected chi connectivity index (χ0v) is 9.46. The van der Waals surface area contributed by atoms with Gasteiger partial charge in [0.2, 0.25) is 0 Å². The number of ether oxygens (including phenoxy) is 1. The van der Waals surface area contributed by atoms with E-state index in [-0.39, 0.29) is 5.91 Å². The Morgan fingerprint density at radius 2 is 2.20 bits per heavy atom. The molecule has 3 heteroatoms. The fourth-order valence-corrected chi connectivity index (χ4v) is 1.42. The second-order valence-electron chi connectivity index (χ2n) is 3.39. The minimum absolute atomic E-state index is 0.0340. The van der Waals surface area contributed by atoms with Crippen molar-refractivity contribution in [1.82, 2.24) is 5.32 Å². The number of hydrogen-bond donors (Lipinski definition) is 1. The van der Waals surface area contributed by atoms with E-state index in [2.05, 4.69) is 5.32 Å². The van der Waals surface area contributed by atoms with Crippen LogP contribution in [-0.4, -0.2) is 19.6 Å². The lowest BCUT2D eigenvalue weighted by atomic mass is 10.1. The fraction of sp³-hybridized carbons (Fsp3) is 0.417. The summed E-state index contributed by atoms with van der Waals surface area (Å²) in [6.45, 7) is 4.62. The van der Waals surface area contributed by atoms with E-state index < -0.39 is 0 Å². The molecule has 1 N–H and O–H groups in total. The predicted octanol–water partition coefficient (Wildman–Crippen LogP) is 2.14. The van der Waals surface area contributed by atoms with Gasteiger partial charge in [0, 0.05) is 17.7 Å². The Morgan fingerprint density at radius 1 is 1.47 bits per heavy atom. The number of carbonyl (C=O) groups excluding carboxylic acids is 1. The van der Waals surface area contributed by atoms with E-state index in [4.69, 9.17) is 4.74 Å². The van der Waals surface area contributed by atoms with Crippen LogP contribution in [0.1, 0.15) is 29.3 Å². The lowest BCUT2D eigenvalue weighted by Gasteiger charge is -2.09. The van der Waals surface area contributed by atoms with Crippen molar-refractivity contribution in [3.8, 4) is 5.75 Å². The van der Waals surface area contributed by atoms with Gasteiger partial charge in [0.1, 0.15) is 5.75 Å². The maximum Gasteiger partial charge on any atom is 0.251 e. The molecular weight excluding hydrogens is 190 g/mol. The fourth-order valence-electron chi connectivity index (χ4n) is 1.42. The Kier molecular flexibility index (Phi) is 4.16. The summed E-state index contributed by atoms with van der Waals surface area (Å²) in [5.74, 6) is 0.715. The number of benzene rings is 1. The van der Waals surface area contributed by atoms with E-state index in [9.17, 15) is 4.79 Å². The summed E-state index contributed by atoms with van der Waals surface area (Å²) >= 11 is 0. The highest BCUT2D eigenvalue weighted by Gasteiger charge is 2.10. The predicted molar refractivity (Wildman–Crippen MR) is 60.4 cm³/mol. The van der Waals surface area contributed by atoms with Crippen LogP contribution >= 0.6 is 0 Å². The largest absolute Gasteiger partial charge is 0.496 e. The molecule has 0 aliphatic rings. The second kappa shape index (κ2) is 5.39. The van der Waals surface area contributed by atoms with Crippen LogP contribution in [0, 0.1) is 6.92 Å². The summed E-state index contributed by atoms with van der Waals surface area (Å²) in [4.78, 5) is 11.7. The molecule has 1 aromatic carbocycles. The quantitative estimate of drug-likeness (QED) is 0.821.